The van der Waals surface area contributed by atoms with Gasteiger partial charge in [0.15, 0.2) is 0 Å². The maximum absolute atomic E-state index is 14.5. The van der Waals surface area contributed by atoms with Crippen molar-refractivity contribution in [3.63, 3.8) is 0 Å². The van der Waals surface area contributed by atoms with Crippen molar-refractivity contribution in [1.29, 1.82) is 0 Å². The fraction of sp³-hybridized carbons (Fsp3) is 0.605. The third-order valence-corrected chi connectivity index (χ3v) is 12.6. The molecule has 0 bridgehead atoms. The molecule has 13 nitrogen and oxygen atoms in total. The molecule has 0 spiro atoms. The van der Waals surface area contributed by atoms with Crippen LogP contribution in [0.2, 0.25) is 0 Å². The SMILES string of the molecule is CC(C)(C)OC(=O)N[C@H]1CCCCC/C=C\C2C[C@@]2(C(=O)NS(=O)(=O)C2CC2)NC(=O)[C@@H]2C[C@@H](Oc3nc4ccccc4c4c3CCC4)CN2C1=O. The van der Waals surface area contributed by atoms with E-state index >= 15 is 0 Å². The predicted molar refractivity (Wildman–Crippen MR) is 193 cm³/mol. The van der Waals surface area contributed by atoms with E-state index in [2.05, 4.69) is 21.4 Å². The molecule has 1 saturated heterocycles. The molecule has 14 heteroatoms. The van der Waals surface area contributed by atoms with Crippen LogP contribution in [-0.2, 0) is 42.0 Å². The van der Waals surface area contributed by atoms with E-state index in [0.717, 1.165) is 48.6 Å². The Hall–Kier alpha value is -4.20. The van der Waals surface area contributed by atoms with Crippen LogP contribution >= 0.6 is 0 Å². The van der Waals surface area contributed by atoms with Crippen molar-refractivity contribution in [1.82, 2.24) is 25.2 Å². The van der Waals surface area contributed by atoms with Gasteiger partial charge in [-0.05, 0) is 90.2 Å². The molecule has 4 amide bonds. The molecule has 5 atom stereocenters. The molecule has 1 aromatic carbocycles. The molecule has 3 N–H and O–H groups in total. The molecule has 5 aliphatic rings. The number of aromatic nitrogens is 1. The number of allylic oxidation sites excluding steroid dienone is 1. The van der Waals surface area contributed by atoms with E-state index in [0.29, 0.717) is 38.0 Å². The van der Waals surface area contributed by atoms with Gasteiger partial charge in [-0.1, -0.05) is 43.2 Å². The van der Waals surface area contributed by atoms with E-state index in [1.807, 2.05) is 30.4 Å². The summed E-state index contributed by atoms with van der Waals surface area (Å²) in [5.74, 6) is -1.72. The number of nitrogens with zero attached hydrogens (tertiary/aromatic N) is 2. The van der Waals surface area contributed by atoms with Gasteiger partial charge in [-0.15, -0.1) is 0 Å². The quantitative estimate of drug-likeness (QED) is 0.371. The highest BCUT2D eigenvalue weighted by molar-refractivity contribution is 7.91. The summed E-state index contributed by atoms with van der Waals surface area (Å²) in [6.07, 6.45) is 9.77. The molecular weight excluding hydrogens is 687 g/mol. The summed E-state index contributed by atoms with van der Waals surface area (Å²) in [5.41, 5.74) is 0.778. The average molecular weight is 736 g/mol. The number of hydrogen-bond donors (Lipinski definition) is 3. The van der Waals surface area contributed by atoms with Gasteiger partial charge in [0.25, 0.3) is 5.91 Å². The van der Waals surface area contributed by atoms with Gasteiger partial charge in [-0.25, -0.2) is 18.2 Å². The lowest BCUT2D eigenvalue weighted by molar-refractivity contribution is -0.141. The summed E-state index contributed by atoms with van der Waals surface area (Å²) in [7, 11) is -3.87. The molecule has 1 aromatic heterocycles. The molecule has 7 rings (SSSR count). The van der Waals surface area contributed by atoms with Gasteiger partial charge in [-0.3, -0.25) is 19.1 Å². The van der Waals surface area contributed by atoms with Crippen LogP contribution in [0, 0.1) is 5.92 Å². The zero-order valence-corrected chi connectivity index (χ0v) is 30.9. The fourth-order valence-corrected chi connectivity index (χ4v) is 9.20. The Morgan fingerprint density at radius 1 is 1.02 bits per heavy atom. The van der Waals surface area contributed by atoms with Crippen LogP contribution in [0.5, 0.6) is 5.88 Å². The largest absolute Gasteiger partial charge is 0.472 e. The van der Waals surface area contributed by atoms with E-state index in [-0.39, 0.29) is 19.4 Å². The molecule has 2 aliphatic heterocycles. The lowest BCUT2D eigenvalue weighted by atomic mass is 10.0. The Bertz CT molecular complexity index is 1900. The number of nitrogens with one attached hydrogen (secondary N) is 3. The minimum Gasteiger partial charge on any atom is -0.472 e. The minimum atomic E-state index is -3.87. The molecule has 52 heavy (non-hydrogen) atoms. The highest BCUT2D eigenvalue weighted by Gasteiger charge is 2.62. The molecular formula is C38H49N5O8S. The Morgan fingerprint density at radius 3 is 2.56 bits per heavy atom. The van der Waals surface area contributed by atoms with Crippen molar-refractivity contribution < 1.29 is 37.1 Å². The zero-order chi connectivity index (χ0) is 36.8. The number of sulfonamides is 1. The summed E-state index contributed by atoms with van der Waals surface area (Å²) in [6.45, 7) is 5.27. The van der Waals surface area contributed by atoms with Crippen molar-refractivity contribution in [3.8, 4) is 5.88 Å². The van der Waals surface area contributed by atoms with Crippen molar-refractivity contribution in [2.75, 3.05) is 6.54 Å². The summed E-state index contributed by atoms with van der Waals surface area (Å²) >= 11 is 0. The first-order chi connectivity index (χ1) is 24.7. The smallest absolute Gasteiger partial charge is 0.408 e. The standard InChI is InChI=1S/C38H49N5O8S/c1-37(2,3)51-36(47)40-30-17-8-6-4-5-7-12-23-21-38(23,35(46)42-52(48,49)25-18-19-25)41-32(44)31-20-24(22-43(31)34(30)45)50-33-28-15-11-14-26(28)27-13-9-10-16-29(27)39-33/h7,9-10,12-13,16,23-25,30-31H,4-6,8,11,14-15,17-22H2,1-3H3,(H,40,47)(H,41,44)(H,42,46)/b12-7-/t23?,24-,30+,31+,38-/m1/s1. The zero-order valence-electron chi connectivity index (χ0n) is 30.1. The second kappa shape index (κ2) is 14.0. The van der Waals surface area contributed by atoms with Crippen LogP contribution in [0.3, 0.4) is 0 Å². The predicted octanol–water partition coefficient (Wildman–Crippen LogP) is 3.97. The number of amides is 4. The van der Waals surface area contributed by atoms with E-state index < -0.39 is 74.3 Å². The number of carbonyl (C=O) groups is 4. The van der Waals surface area contributed by atoms with Crippen molar-refractivity contribution in [2.45, 2.75) is 132 Å². The highest BCUT2D eigenvalue weighted by atomic mass is 32.2. The van der Waals surface area contributed by atoms with E-state index in [9.17, 15) is 27.6 Å². The first kappa shape index (κ1) is 36.2. The topological polar surface area (TPSA) is 173 Å². The average Bonchev–Trinajstić information content (AvgIpc) is 3.95. The second-order valence-corrected chi connectivity index (χ2v) is 17.9. The summed E-state index contributed by atoms with van der Waals surface area (Å²) in [6, 6.07) is 5.89. The molecule has 3 heterocycles. The Labute approximate surface area is 304 Å². The summed E-state index contributed by atoms with van der Waals surface area (Å²) < 4.78 is 40.0. The number of aryl methyl sites for hydroxylation is 1. The van der Waals surface area contributed by atoms with Crippen LogP contribution in [-0.4, -0.2) is 83.2 Å². The molecule has 2 saturated carbocycles. The summed E-state index contributed by atoms with van der Waals surface area (Å²) in [4.78, 5) is 61.8. The van der Waals surface area contributed by atoms with Crippen LogP contribution in [0.15, 0.2) is 36.4 Å². The van der Waals surface area contributed by atoms with Gasteiger partial charge >= 0.3 is 6.09 Å². The second-order valence-electron chi connectivity index (χ2n) is 15.9. The van der Waals surface area contributed by atoms with Gasteiger partial charge < -0.3 is 25.0 Å². The first-order valence-electron chi connectivity index (χ1n) is 18.7. The van der Waals surface area contributed by atoms with Gasteiger partial charge in [0.1, 0.15) is 29.3 Å². The molecule has 3 aliphatic carbocycles. The molecule has 280 valence electrons. The van der Waals surface area contributed by atoms with Gasteiger partial charge in [-0.2, -0.15) is 0 Å². The molecule has 1 unspecified atom stereocenters. The third kappa shape index (κ3) is 7.62. The fourth-order valence-electron chi connectivity index (χ4n) is 7.83. The summed E-state index contributed by atoms with van der Waals surface area (Å²) in [5, 5.41) is 6.15. The van der Waals surface area contributed by atoms with Crippen molar-refractivity contribution >= 4 is 44.7 Å². The lowest BCUT2D eigenvalue weighted by Gasteiger charge is -2.30. The van der Waals surface area contributed by atoms with Gasteiger partial charge in [0.2, 0.25) is 27.7 Å². The minimum absolute atomic E-state index is 0.0469. The van der Waals surface area contributed by atoms with Gasteiger partial charge in [0.05, 0.1) is 17.3 Å². The van der Waals surface area contributed by atoms with Crippen molar-refractivity contribution in [2.24, 2.45) is 5.92 Å². The maximum atomic E-state index is 14.5. The number of pyridine rings is 1. The van der Waals surface area contributed by atoms with E-state index in [1.54, 1.807) is 20.8 Å². The molecule has 0 radical (unpaired) electrons. The molecule has 2 aromatic rings. The van der Waals surface area contributed by atoms with Crippen LogP contribution in [0.1, 0.15) is 96.1 Å². The normalized spacial score (nSPS) is 28.7. The van der Waals surface area contributed by atoms with Crippen LogP contribution in [0.4, 0.5) is 4.79 Å². The first-order valence-corrected chi connectivity index (χ1v) is 20.2. The Kier molecular flexibility index (Phi) is 9.72. The lowest BCUT2D eigenvalue weighted by Crippen LogP contribution is -2.58. The molecule has 3 fully saturated rings. The Balaban J connectivity index is 1.20. The number of hydrogen-bond acceptors (Lipinski definition) is 9. The monoisotopic (exact) mass is 735 g/mol. The maximum Gasteiger partial charge on any atom is 0.408 e. The van der Waals surface area contributed by atoms with Crippen molar-refractivity contribution in [3.05, 3.63) is 47.5 Å². The van der Waals surface area contributed by atoms with E-state index in [4.69, 9.17) is 14.5 Å². The number of para-hydroxylation sites is 1. The number of carbonyl (C=O) groups excluding carboxylic acids is 4. The number of alkyl carbamates (subject to hydrolysis) is 1. The van der Waals surface area contributed by atoms with E-state index in [1.165, 1.54) is 10.5 Å². The van der Waals surface area contributed by atoms with Crippen LogP contribution < -0.4 is 20.1 Å². The number of fused-ring (bicyclic) bond motifs is 5. The Morgan fingerprint density at radius 2 is 1.79 bits per heavy atom. The van der Waals surface area contributed by atoms with Gasteiger partial charge in [0, 0.05) is 23.3 Å². The third-order valence-electron chi connectivity index (χ3n) is 10.7. The number of benzene rings is 1. The van der Waals surface area contributed by atoms with Crippen LogP contribution in [0.25, 0.3) is 10.9 Å². The number of ether oxygens (including phenoxy) is 2. The highest BCUT2D eigenvalue weighted by Crippen LogP contribution is 2.46. The number of rotatable bonds is 6.